The molecule has 0 aliphatic carbocycles. The number of hydrogen-bond donors (Lipinski definition) is 1. The van der Waals surface area contributed by atoms with Crippen molar-refractivity contribution in [3.63, 3.8) is 0 Å². The lowest BCUT2D eigenvalue weighted by atomic mass is 10.1. The van der Waals surface area contributed by atoms with Crippen LogP contribution in [0.15, 0.2) is 33.6 Å². The summed E-state index contributed by atoms with van der Waals surface area (Å²) in [6.45, 7) is 1.72. The third kappa shape index (κ3) is 2.54. The number of hydrogen-bond acceptors (Lipinski definition) is 6. The van der Waals surface area contributed by atoms with Gasteiger partial charge in [-0.2, -0.15) is 0 Å². The number of aromatic nitrogens is 2. The minimum Gasteiger partial charge on any atom is -0.477 e. The van der Waals surface area contributed by atoms with Crippen molar-refractivity contribution < 1.29 is 23.8 Å². The second-order valence-electron chi connectivity index (χ2n) is 5.15. The first-order valence-electron chi connectivity index (χ1n) is 6.88. The smallest absolute Gasteiger partial charge is 0.342 e. The minimum absolute atomic E-state index is 0.00953. The number of carbonyl (C=O) groups excluding carboxylic acids is 1. The summed E-state index contributed by atoms with van der Waals surface area (Å²) in [5, 5.41) is 13.7. The van der Waals surface area contributed by atoms with Gasteiger partial charge in [-0.15, -0.1) is 5.10 Å². The van der Waals surface area contributed by atoms with E-state index in [1.165, 1.54) is 23.0 Å². The largest absolute Gasteiger partial charge is 0.477 e. The molecular formula is C16H12N2O6. The first kappa shape index (κ1) is 15.5. The number of rotatable bonds is 4. The van der Waals surface area contributed by atoms with Gasteiger partial charge in [-0.05, 0) is 24.6 Å². The van der Waals surface area contributed by atoms with Gasteiger partial charge in [0.05, 0.1) is 0 Å². The molecule has 0 saturated heterocycles. The lowest BCUT2D eigenvalue weighted by molar-refractivity contribution is 0.0694. The van der Waals surface area contributed by atoms with E-state index in [0.29, 0.717) is 17.2 Å². The van der Waals surface area contributed by atoms with Crippen LogP contribution < -0.4 is 10.4 Å². The van der Waals surface area contributed by atoms with Crippen LogP contribution in [0.3, 0.4) is 0 Å². The van der Waals surface area contributed by atoms with E-state index >= 15 is 0 Å². The van der Waals surface area contributed by atoms with Crippen molar-refractivity contribution in [3.05, 3.63) is 51.5 Å². The van der Waals surface area contributed by atoms with Gasteiger partial charge < -0.3 is 14.3 Å². The second kappa shape index (κ2) is 5.65. The van der Waals surface area contributed by atoms with E-state index in [9.17, 15) is 14.4 Å². The van der Waals surface area contributed by atoms with Gasteiger partial charge in [0.2, 0.25) is 0 Å². The molecule has 0 unspecified atom stereocenters. The summed E-state index contributed by atoms with van der Waals surface area (Å²) < 4.78 is 11.9. The first-order valence-corrected chi connectivity index (χ1v) is 6.88. The molecular weight excluding hydrogens is 316 g/mol. The van der Waals surface area contributed by atoms with E-state index in [4.69, 9.17) is 14.3 Å². The number of carbonyl (C=O) groups is 2. The van der Waals surface area contributed by atoms with Crippen LogP contribution in [0.1, 0.15) is 26.3 Å². The van der Waals surface area contributed by atoms with Crippen LogP contribution >= 0.6 is 0 Å². The van der Waals surface area contributed by atoms with E-state index in [0.717, 1.165) is 0 Å². The van der Waals surface area contributed by atoms with Crippen LogP contribution in [0, 0.1) is 6.92 Å². The zero-order chi connectivity index (χ0) is 17.4. The Bertz CT molecular complexity index is 1030. The molecule has 2 heterocycles. The number of aryl methyl sites for hydroxylation is 2. The average molecular weight is 328 g/mol. The fraction of sp³-hybridized carbons (Fsp3) is 0.125. The molecule has 8 nitrogen and oxygen atoms in total. The van der Waals surface area contributed by atoms with Gasteiger partial charge in [0, 0.05) is 24.7 Å². The van der Waals surface area contributed by atoms with Gasteiger partial charge >= 0.3 is 11.6 Å². The predicted octanol–water partition coefficient (Wildman–Crippen LogP) is 2.14. The normalized spacial score (nSPS) is 10.8. The van der Waals surface area contributed by atoms with Crippen LogP contribution in [-0.2, 0) is 7.05 Å². The Hall–Kier alpha value is -3.42. The molecule has 3 rings (SSSR count). The number of carboxylic acids is 1. The van der Waals surface area contributed by atoms with E-state index in [1.807, 2.05) is 0 Å². The number of fused-ring (bicyclic) bond motifs is 1. The topological polar surface area (TPSA) is 112 Å². The molecule has 2 aromatic heterocycles. The second-order valence-corrected chi connectivity index (χ2v) is 5.15. The molecule has 0 bridgehead atoms. The Morgan fingerprint density at radius 3 is 2.83 bits per heavy atom. The number of aldehydes is 1. The molecule has 0 amide bonds. The van der Waals surface area contributed by atoms with Gasteiger partial charge in [-0.25, -0.2) is 9.59 Å². The third-order valence-electron chi connectivity index (χ3n) is 3.47. The highest BCUT2D eigenvalue weighted by Crippen LogP contribution is 2.31. The monoisotopic (exact) mass is 328 g/mol. The number of nitrogens with zero attached hydrogens (tertiary/aromatic N) is 2. The van der Waals surface area contributed by atoms with Crippen molar-refractivity contribution >= 4 is 23.2 Å². The van der Waals surface area contributed by atoms with Crippen molar-refractivity contribution in [3.8, 4) is 11.6 Å². The standard InChI is InChI=1S/C16H12N2O6/c1-8-5-13(20)24-14-9(8)3-4-12(11(14)7-19)23-15-10(16(21)22)6-18(2)17-15/h3-7H,1-2H3,(H,21,22). The molecule has 8 heteroatoms. The fourth-order valence-corrected chi connectivity index (χ4v) is 2.38. The van der Waals surface area contributed by atoms with Crippen LogP contribution in [0.25, 0.3) is 11.0 Å². The first-order chi connectivity index (χ1) is 11.4. The van der Waals surface area contributed by atoms with Gasteiger partial charge in [0.25, 0.3) is 5.88 Å². The highest BCUT2D eigenvalue weighted by Gasteiger charge is 2.20. The summed E-state index contributed by atoms with van der Waals surface area (Å²) in [5.41, 5.74) is 0.0000102. The maximum Gasteiger partial charge on any atom is 0.342 e. The van der Waals surface area contributed by atoms with Crippen molar-refractivity contribution in [1.82, 2.24) is 9.78 Å². The number of ether oxygens (including phenoxy) is 1. The predicted molar refractivity (Wildman–Crippen MR) is 82.8 cm³/mol. The van der Waals surface area contributed by atoms with Gasteiger partial charge in [-0.1, -0.05) is 0 Å². The Morgan fingerprint density at radius 1 is 1.42 bits per heavy atom. The average Bonchev–Trinajstić information content (AvgIpc) is 2.87. The molecule has 1 N–H and O–H groups in total. The summed E-state index contributed by atoms with van der Waals surface area (Å²) in [5.74, 6) is -1.33. The molecule has 24 heavy (non-hydrogen) atoms. The number of aromatic carboxylic acids is 1. The summed E-state index contributed by atoms with van der Waals surface area (Å²) in [6, 6.07) is 4.44. The van der Waals surface area contributed by atoms with Gasteiger partial charge in [-0.3, -0.25) is 9.48 Å². The SMILES string of the molecule is Cc1cc(=O)oc2c(C=O)c(Oc3nn(C)cc3C(=O)O)ccc12. The summed E-state index contributed by atoms with van der Waals surface area (Å²) in [7, 11) is 1.54. The quantitative estimate of drug-likeness (QED) is 0.577. The molecule has 0 spiro atoms. The van der Waals surface area contributed by atoms with E-state index in [-0.39, 0.29) is 28.3 Å². The number of carboxylic acid groups (broad SMARTS) is 1. The van der Waals surface area contributed by atoms with Crippen molar-refractivity contribution in [2.45, 2.75) is 6.92 Å². The lowest BCUT2D eigenvalue weighted by Gasteiger charge is -2.09. The van der Waals surface area contributed by atoms with Crippen molar-refractivity contribution in [1.29, 1.82) is 0 Å². The highest BCUT2D eigenvalue weighted by atomic mass is 16.5. The third-order valence-corrected chi connectivity index (χ3v) is 3.47. The molecule has 0 atom stereocenters. The summed E-state index contributed by atoms with van der Waals surface area (Å²) in [4.78, 5) is 34.3. The Kier molecular flexibility index (Phi) is 3.64. The van der Waals surface area contributed by atoms with E-state index in [1.54, 1.807) is 20.0 Å². The zero-order valence-electron chi connectivity index (χ0n) is 12.8. The molecule has 0 aliphatic rings. The zero-order valence-corrected chi connectivity index (χ0v) is 12.8. The number of benzene rings is 1. The minimum atomic E-state index is -1.21. The molecule has 122 valence electrons. The van der Waals surface area contributed by atoms with Crippen LogP contribution in [-0.4, -0.2) is 27.1 Å². The van der Waals surface area contributed by atoms with Crippen molar-refractivity contribution in [2.75, 3.05) is 0 Å². The Morgan fingerprint density at radius 2 is 2.17 bits per heavy atom. The molecule has 0 fully saturated rings. The van der Waals surface area contributed by atoms with E-state index in [2.05, 4.69) is 5.10 Å². The maximum absolute atomic E-state index is 11.6. The van der Waals surface area contributed by atoms with E-state index < -0.39 is 11.6 Å². The van der Waals surface area contributed by atoms with Crippen molar-refractivity contribution in [2.24, 2.45) is 7.05 Å². The highest BCUT2D eigenvalue weighted by molar-refractivity contribution is 5.98. The molecule has 0 saturated carbocycles. The summed E-state index contributed by atoms with van der Waals surface area (Å²) >= 11 is 0. The molecule has 3 aromatic rings. The van der Waals surface area contributed by atoms with Crippen LogP contribution in [0.2, 0.25) is 0 Å². The fourth-order valence-electron chi connectivity index (χ4n) is 2.38. The van der Waals surface area contributed by atoms with Crippen LogP contribution in [0.5, 0.6) is 11.6 Å². The molecule has 1 aromatic carbocycles. The Labute approximate surface area is 134 Å². The van der Waals surface area contributed by atoms with Gasteiger partial charge in [0.15, 0.2) is 11.9 Å². The van der Waals surface area contributed by atoms with Crippen LogP contribution in [0.4, 0.5) is 0 Å². The molecule has 0 radical (unpaired) electrons. The van der Waals surface area contributed by atoms with Gasteiger partial charge in [0.1, 0.15) is 16.9 Å². The summed E-state index contributed by atoms with van der Waals surface area (Å²) in [6.07, 6.45) is 1.77. The maximum atomic E-state index is 11.6. The Balaban J connectivity index is 2.19. The lowest BCUT2D eigenvalue weighted by Crippen LogP contribution is -2.02. The molecule has 0 aliphatic heterocycles.